The van der Waals surface area contributed by atoms with Crippen LogP contribution >= 0.6 is 0 Å². The van der Waals surface area contributed by atoms with Crippen molar-refractivity contribution in [3.63, 3.8) is 0 Å². The first-order valence-electron chi connectivity index (χ1n) is 3.45. The van der Waals surface area contributed by atoms with Gasteiger partial charge in [-0.05, 0) is 0 Å². The monoisotopic (exact) mass is 152 g/mol. The van der Waals surface area contributed by atoms with Gasteiger partial charge in [0.05, 0.1) is 12.8 Å². The van der Waals surface area contributed by atoms with Crippen LogP contribution in [0.15, 0.2) is 18.6 Å². The molecule has 0 spiro atoms. The van der Waals surface area contributed by atoms with Crippen LogP contribution in [0.4, 0.5) is 0 Å². The minimum atomic E-state index is 0.275. The molecule has 4 nitrogen and oxygen atoms in total. The van der Waals surface area contributed by atoms with Crippen molar-refractivity contribution >= 4 is 0 Å². The molecule has 1 aliphatic heterocycles. The minimum Gasteiger partial charge on any atom is -0.474 e. The number of hydrogen-bond donors (Lipinski definition) is 0. The van der Waals surface area contributed by atoms with Crippen LogP contribution in [0.5, 0.6) is 5.88 Å². The first-order chi connectivity index (χ1) is 5.45. The highest BCUT2D eigenvalue weighted by Crippen LogP contribution is 2.10. The quantitative estimate of drug-likeness (QED) is 0.582. The maximum absolute atomic E-state index is 5.23. The summed E-state index contributed by atoms with van der Waals surface area (Å²) in [6.07, 6.45) is 5.07. The van der Waals surface area contributed by atoms with E-state index in [1.165, 1.54) is 0 Å². The summed E-state index contributed by atoms with van der Waals surface area (Å²) in [7, 11) is 0. The topological polar surface area (TPSA) is 47.5 Å². The maximum Gasteiger partial charge on any atom is 0.232 e. The Hall–Kier alpha value is -1.16. The largest absolute Gasteiger partial charge is 0.474 e. The Morgan fingerprint density at radius 1 is 1.64 bits per heavy atom. The summed E-state index contributed by atoms with van der Waals surface area (Å²) in [6, 6.07) is 0. The molecular formula is C7H8N2O2. The third-order valence-electron chi connectivity index (χ3n) is 1.36. The molecule has 0 aliphatic carbocycles. The average molecular weight is 152 g/mol. The van der Waals surface area contributed by atoms with Gasteiger partial charge in [0.1, 0.15) is 12.7 Å². The van der Waals surface area contributed by atoms with Crippen molar-refractivity contribution in [1.82, 2.24) is 9.97 Å². The number of nitrogens with zero attached hydrogens (tertiary/aromatic N) is 2. The van der Waals surface area contributed by atoms with Crippen LogP contribution in [0.25, 0.3) is 0 Å². The van der Waals surface area contributed by atoms with Gasteiger partial charge in [-0.3, -0.25) is 4.98 Å². The molecule has 4 heteroatoms. The molecule has 58 valence electrons. The molecule has 0 N–H and O–H groups in total. The van der Waals surface area contributed by atoms with E-state index in [0.29, 0.717) is 12.5 Å². The van der Waals surface area contributed by atoms with E-state index in [9.17, 15) is 0 Å². The second-order valence-corrected chi connectivity index (χ2v) is 2.31. The Morgan fingerprint density at radius 2 is 2.55 bits per heavy atom. The summed E-state index contributed by atoms with van der Waals surface area (Å²) >= 11 is 0. The molecule has 1 aromatic rings. The van der Waals surface area contributed by atoms with Crippen LogP contribution in [-0.2, 0) is 4.74 Å². The highest BCUT2D eigenvalue weighted by molar-refractivity contribution is 5.01. The molecule has 1 aromatic heterocycles. The number of aromatic nitrogens is 2. The summed E-state index contributed by atoms with van der Waals surface area (Å²) < 4.78 is 10.2. The van der Waals surface area contributed by atoms with Crippen LogP contribution in [0, 0.1) is 0 Å². The van der Waals surface area contributed by atoms with E-state index >= 15 is 0 Å². The van der Waals surface area contributed by atoms with Crippen molar-refractivity contribution in [2.75, 3.05) is 13.2 Å². The van der Waals surface area contributed by atoms with E-state index in [1.54, 1.807) is 18.6 Å². The van der Waals surface area contributed by atoms with Crippen LogP contribution in [0.1, 0.15) is 0 Å². The molecule has 1 atom stereocenters. The van der Waals surface area contributed by atoms with Gasteiger partial charge in [-0.25, -0.2) is 4.98 Å². The summed E-state index contributed by atoms with van der Waals surface area (Å²) in [6.45, 7) is 1.39. The summed E-state index contributed by atoms with van der Waals surface area (Å²) in [5.41, 5.74) is 0. The predicted octanol–water partition coefficient (Wildman–Crippen LogP) is 0.254. The Labute approximate surface area is 64.2 Å². The predicted molar refractivity (Wildman–Crippen MR) is 37.3 cm³/mol. The molecule has 2 rings (SSSR count). The van der Waals surface area contributed by atoms with Crippen LogP contribution in [-0.4, -0.2) is 29.3 Å². The van der Waals surface area contributed by atoms with Crippen molar-refractivity contribution in [2.24, 2.45) is 0 Å². The molecule has 0 aromatic carbocycles. The molecule has 2 heterocycles. The molecule has 1 saturated heterocycles. The van der Waals surface area contributed by atoms with Crippen molar-refractivity contribution in [3.05, 3.63) is 18.6 Å². The van der Waals surface area contributed by atoms with Crippen molar-refractivity contribution < 1.29 is 9.47 Å². The zero-order valence-electron chi connectivity index (χ0n) is 5.93. The smallest absolute Gasteiger partial charge is 0.232 e. The highest BCUT2D eigenvalue weighted by atomic mass is 16.6. The van der Waals surface area contributed by atoms with Gasteiger partial charge in [-0.1, -0.05) is 0 Å². The summed E-state index contributed by atoms with van der Waals surface area (Å²) in [4.78, 5) is 7.79. The van der Waals surface area contributed by atoms with Crippen molar-refractivity contribution in [3.8, 4) is 5.88 Å². The van der Waals surface area contributed by atoms with Crippen LogP contribution in [0.2, 0.25) is 0 Å². The lowest BCUT2D eigenvalue weighted by molar-refractivity contribution is 0.254. The highest BCUT2D eigenvalue weighted by Gasteiger charge is 2.23. The number of hydrogen-bond acceptors (Lipinski definition) is 4. The standard InChI is InChI=1S/C7H8N2O2/c1-2-9-7(3-8-1)11-5-6-4-10-6/h1-3,6H,4-5H2. The molecule has 1 unspecified atom stereocenters. The molecule has 11 heavy (non-hydrogen) atoms. The maximum atomic E-state index is 5.23. The number of epoxide rings is 1. The first kappa shape index (κ1) is 6.54. The average Bonchev–Trinajstić information content (AvgIpc) is 2.86. The van der Waals surface area contributed by atoms with Gasteiger partial charge in [0.2, 0.25) is 5.88 Å². The van der Waals surface area contributed by atoms with Gasteiger partial charge in [0.15, 0.2) is 0 Å². The van der Waals surface area contributed by atoms with E-state index in [4.69, 9.17) is 9.47 Å². The molecule has 1 fully saturated rings. The van der Waals surface area contributed by atoms with E-state index in [-0.39, 0.29) is 6.10 Å². The summed E-state index contributed by atoms with van der Waals surface area (Å²) in [5.74, 6) is 0.558. The zero-order valence-corrected chi connectivity index (χ0v) is 5.93. The van der Waals surface area contributed by atoms with Crippen molar-refractivity contribution in [2.45, 2.75) is 6.10 Å². The lowest BCUT2D eigenvalue weighted by Gasteiger charge is -1.99. The Kier molecular flexibility index (Phi) is 1.69. The number of ether oxygens (including phenoxy) is 2. The Bertz CT molecular complexity index is 223. The van der Waals surface area contributed by atoms with Gasteiger partial charge in [-0.2, -0.15) is 0 Å². The van der Waals surface area contributed by atoms with Gasteiger partial charge in [0, 0.05) is 12.4 Å². The molecule has 0 saturated carbocycles. The van der Waals surface area contributed by atoms with E-state index in [2.05, 4.69) is 9.97 Å². The van der Waals surface area contributed by atoms with Gasteiger partial charge in [0.25, 0.3) is 0 Å². The second kappa shape index (κ2) is 2.84. The fourth-order valence-corrected chi connectivity index (χ4v) is 0.703. The normalized spacial score (nSPS) is 21.3. The number of rotatable bonds is 3. The van der Waals surface area contributed by atoms with E-state index in [0.717, 1.165) is 6.61 Å². The Balaban J connectivity index is 1.85. The van der Waals surface area contributed by atoms with Crippen LogP contribution in [0.3, 0.4) is 0 Å². The molecule has 0 radical (unpaired) electrons. The fraction of sp³-hybridized carbons (Fsp3) is 0.429. The van der Waals surface area contributed by atoms with Gasteiger partial charge in [-0.15, -0.1) is 0 Å². The van der Waals surface area contributed by atoms with E-state index in [1.807, 2.05) is 0 Å². The Morgan fingerprint density at radius 3 is 3.18 bits per heavy atom. The van der Waals surface area contributed by atoms with Gasteiger partial charge < -0.3 is 9.47 Å². The SMILES string of the molecule is c1cnc(OCC2CO2)cn1. The molecule has 1 aliphatic rings. The van der Waals surface area contributed by atoms with Crippen LogP contribution < -0.4 is 4.74 Å². The third kappa shape index (κ3) is 1.88. The van der Waals surface area contributed by atoms with Gasteiger partial charge >= 0.3 is 0 Å². The van der Waals surface area contributed by atoms with E-state index < -0.39 is 0 Å². The fourth-order valence-electron chi connectivity index (χ4n) is 0.703. The lowest BCUT2D eigenvalue weighted by atomic mass is 10.5. The van der Waals surface area contributed by atoms with Crippen molar-refractivity contribution in [1.29, 1.82) is 0 Å². The second-order valence-electron chi connectivity index (χ2n) is 2.31. The summed E-state index contributed by atoms with van der Waals surface area (Å²) in [5, 5.41) is 0. The molecule has 0 bridgehead atoms. The minimum absolute atomic E-state index is 0.275. The molecule has 0 amide bonds. The lowest BCUT2D eigenvalue weighted by Crippen LogP contribution is -2.05. The molecular weight excluding hydrogens is 144 g/mol. The third-order valence-corrected chi connectivity index (χ3v) is 1.36. The zero-order chi connectivity index (χ0) is 7.52. The first-order valence-corrected chi connectivity index (χ1v) is 3.45.